The van der Waals surface area contributed by atoms with Gasteiger partial charge >= 0.3 is 0 Å². The van der Waals surface area contributed by atoms with E-state index in [9.17, 15) is 0 Å². The van der Waals surface area contributed by atoms with Crippen LogP contribution in [0.3, 0.4) is 0 Å². The molecule has 0 aliphatic carbocycles. The van der Waals surface area contributed by atoms with Crippen molar-refractivity contribution in [2.75, 3.05) is 18.0 Å². The topological polar surface area (TPSA) is 62.3 Å². The number of nitrogens with zero attached hydrogens (tertiary/aromatic N) is 2. The minimum atomic E-state index is -0.701. The van der Waals surface area contributed by atoms with E-state index in [1.165, 1.54) is 0 Å². The highest BCUT2D eigenvalue weighted by atomic mass is 16.5. The fourth-order valence-corrected chi connectivity index (χ4v) is 2.15. The fraction of sp³-hybridized carbons (Fsp3) is 0.500. The second-order valence-electron chi connectivity index (χ2n) is 5.10. The van der Waals surface area contributed by atoms with Gasteiger partial charge in [0.2, 0.25) is 0 Å². The molecule has 1 unspecified atom stereocenters. The lowest BCUT2D eigenvalue weighted by Gasteiger charge is -2.20. The van der Waals surface area contributed by atoms with Gasteiger partial charge in [-0.25, -0.2) is 0 Å². The van der Waals surface area contributed by atoms with E-state index >= 15 is 0 Å². The third-order valence-electron chi connectivity index (χ3n) is 3.10. The van der Waals surface area contributed by atoms with Crippen LogP contribution in [0.1, 0.15) is 20.3 Å². The van der Waals surface area contributed by atoms with E-state index < -0.39 is 5.54 Å². The highest BCUT2D eigenvalue weighted by Crippen LogP contribution is 2.26. The molecule has 18 heavy (non-hydrogen) atoms. The smallest absolute Gasteiger partial charge is 0.123 e. The Bertz CT molecular complexity index is 449. The van der Waals surface area contributed by atoms with Crippen molar-refractivity contribution >= 4 is 5.69 Å². The molecule has 1 aromatic carbocycles. The number of benzene rings is 1. The van der Waals surface area contributed by atoms with Crippen LogP contribution < -0.4 is 15.4 Å². The van der Waals surface area contributed by atoms with Gasteiger partial charge in [0.05, 0.1) is 12.2 Å². The minimum absolute atomic E-state index is 0.179. The Morgan fingerprint density at radius 2 is 2.06 bits per heavy atom. The van der Waals surface area contributed by atoms with Gasteiger partial charge in [-0.1, -0.05) is 0 Å². The Kier molecular flexibility index (Phi) is 3.44. The van der Waals surface area contributed by atoms with E-state index in [0.29, 0.717) is 13.0 Å². The average Bonchev–Trinajstić information content (AvgIpc) is 2.73. The van der Waals surface area contributed by atoms with Crippen LogP contribution in [0.2, 0.25) is 0 Å². The summed E-state index contributed by atoms with van der Waals surface area (Å²) in [5.74, 6) is 0.868. The molecule has 4 heteroatoms. The molecule has 1 aliphatic rings. The predicted octanol–water partition coefficient (Wildman–Crippen LogP) is 1.90. The summed E-state index contributed by atoms with van der Waals surface area (Å²) in [7, 11) is 0. The van der Waals surface area contributed by atoms with E-state index in [4.69, 9.17) is 15.7 Å². The third-order valence-corrected chi connectivity index (χ3v) is 3.10. The monoisotopic (exact) mass is 245 g/mol. The summed E-state index contributed by atoms with van der Waals surface area (Å²) >= 11 is 0. The van der Waals surface area contributed by atoms with Gasteiger partial charge in [-0.15, -0.1) is 0 Å². The number of nitrogens with two attached hydrogens (primary N) is 1. The first-order valence-corrected chi connectivity index (χ1v) is 6.24. The molecule has 1 aliphatic heterocycles. The highest BCUT2D eigenvalue weighted by molar-refractivity contribution is 5.51. The summed E-state index contributed by atoms with van der Waals surface area (Å²) in [6.07, 6.45) is 0.895. The Balaban J connectivity index is 2.05. The number of hydrogen-bond acceptors (Lipinski definition) is 4. The predicted molar refractivity (Wildman–Crippen MR) is 71.6 cm³/mol. The maximum Gasteiger partial charge on any atom is 0.123 e. The number of ether oxygens (including phenoxy) is 1. The fourth-order valence-electron chi connectivity index (χ4n) is 2.15. The zero-order valence-electron chi connectivity index (χ0n) is 10.9. The van der Waals surface area contributed by atoms with E-state index in [-0.39, 0.29) is 6.10 Å². The van der Waals surface area contributed by atoms with E-state index in [0.717, 1.165) is 18.0 Å². The van der Waals surface area contributed by atoms with Crippen LogP contribution in [0.25, 0.3) is 0 Å². The van der Waals surface area contributed by atoms with Gasteiger partial charge in [-0.05, 0) is 44.5 Å². The van der Waals surface area contributed by atoms with Gasteiger partial charge in [-0.3, -0.25) is 0 Å². The van der Waals surface area contributed by atoms with Gasteiger partial charge in [0.1, 0.15) is 11.3 Å². The quantitative estimate of drug-likeness (QED) is 0.883. The molecule has 2 N–H and O–H groups in total. The van der Waals surface area contributed by atoms with Crippen molar-refractivity contribution in [2.45, 2.75) is 31.9 Å². The Labute approximate surface area is 108 Å². The van der Waals surface area contributed by atoms with Crippen molar-refractivity contribution in [1.29, 1.82) is 5.26 Å². The van der Waals surface area contributed by atoms with Crippen molar-refractivity contribution in [2.24, 2.45) is 5.73 Å². The van der Waals surface area contributed by atoms with E-state index in [2.05, 4.69) is 11.0 Å². The van der Waals surface area contributed by atoms with Crippen LogP contribution in [0.5, 0.6) is 5.75 Å². The van der Waals surface area contributed by atoms with Gasteiger partial charge in [0, 0.05) is 18.8 Å². The maximum absolute atomic E-state index is 9.01. The molecule has 0 amide bonds. The van der Waals surface area contributed by atoms with Crippen molar-refractivity contribution in [3.05, 3.63) is 24.3 Å². The molecule has 1 atom stereocenters. The molecule has 1 fully saturated rings. The molecule has 0 spiro atoms. The first-order chi connectivity index (χ1) is 8.52. The molecule has 1 heterocycles. The van der Waals surface area contributed by atoms with Crippen LogP contribution in [-0.2, 0) is 0 Å². The molecular formula is C14H19N3O. The van der Waals surface area contributed by atoms with Crippen LogP contribution >= 0.6 is 0 Å². The zero-order chi connectivity index (χ0) is 13.2. The molecule has 1 aromatic rings. The second kappa shape index (κ2) is 4.87. The lowest BCUT2D eigenvalue weighted by atomic mass is 10.0. The Hall–Kier alpha value is -1.73. The van der Waals surface area contributed by atoms with Crippen LogP contribution in [0, 0.1) is 11.3 Å². The van der Waals surface area contributed by atoms with Crippen molar-refractivity contribution in [1.82, 2.24) is 0 Å². The van der Waals surface area contributed by atoms with Crippen LogP contribution in [-0.4, -0.2) is 24.7 Å². The summed E-state index contributed by atoms with van der Waals surface area (Å²) < 4.78 is 5.60. The number of anilines is 1. The molecule has 0 saturated carbocycles. The first-order valence-electron chi connectivity index (χ1n) is 6.24. The molecule has 2 rings (SSSR count). The molecule has 1 saturated heterocycles. The summed E-state index contributed by atoms with van der Waals surface area (Å²) in [5, 5.41) is 9.01. The molecule has 96 valence electrons. The highest BCUT2D eigenvalue weighted by Gasteiger charge is 2.34. The standard InChI is InChI=1S/C14H19N3O/c1-11(2)18-13-5-3-12(4-6-13)17-8-7-14(16,9-15)10-17/h3-6,11H,7-8,10,16H2,1-2H3. The minimum Gasteiger partial charge on any atom is -0.491 e. The van der Waals surface area contributed by atoms with Crippen molar-refractivity contribution in [3.8, 4) is 11.8 Å². The van der Waals surface area contributed by atoms with Gasteiger partial charge < -0.3 is 15.4 Å². The third kappa shape index (κ3) is 2.74. The maximum atomic E-state index is 9.01. The summed E-state index contributed by atoms with van der Waals surface area (Å²) in [6, 6.07) is 10.1. The molecular weight excluding hydrogens is 226 g/mol. The molecule has 4 nitrogen and oxygen atoms in total. The van der Waals surface area contributed by atoms with Crippen LogP contribution in [0.15, 0.2) is 24.3 Å². The molecule has 0 aromatic heterocycles. The SMILES string of the molecule is CC(C)Oc1ccc(N2CCC(N)(C#N)C2)cc1. The second-order valence-corrected chi connectivity index (χ2v) is 5.10. The lowest BCUT2D eigenvalue weighted by molar-refractivity contribution is 0.242. The Morgan fingerprint density at radius 1 is 1.39 bits per heavy atom. The number of rotatable bonds is 3. The zero-order valence-corrected chi connectivity index (χ0v) is 10.9. The van der Waals surface area contributed by atoms with E-state index in [1.807, 2.05) is 38.1 Å². The van der Waals surface area contributed by atoms with Crippen LogP contribution in [0.4, 0.5) is 5.69 Å². The normalized spacial score (nSPS) is 23.2. The first kappa shape index (κ1) is 12.7. The largest absolute Gasteiger partial charge is 0.491 e. The average molecular weight is 245 g/mol. The molecule has 0 bridgehead atoms. The van der Waals surface area contributed by atoms with E-state index in [1.54, 1.807) is 0 Å². The van der Waals surface area contributed by atoms with Gasteiger partial charge in [-0.2, -0.15) is 5.26 Å². The Morgan fingerprint density at radius 3 is 2.56 bits per heavy atom. The van der Waals surface area contributed by atoms with Gasteiger partial charge in [0.25, 0.3) is 0 Å². The number of nitriles is 1. The van der Waals surface area contributed by atoms with Gasteiger partial charge in [0.15, 0.2) is 0 Å². The molecule has 0 radical (unpaired) electrons. The summed E-state index contributed by atoms with van der Waals surface area (Å²) in [6.45, 7) is 5.43. The number of hydrogen-bond donors (Lipinski definition) is 1. The van der Waals surface area contributed by atoms with Crippen molar-refractivity contribution in [3.63, 3.8) is 0 Å². The lowest BCUT2D eigenvalue weighted by Crippen LogP contribution is -2.41. The summed E-state index contributed by atoms with van der Waals surface area (Å²) in [4.78, 5) is 2.14. The van der Waals surface area contributed by atoms with Crippen molar-refractivity contribution < 1.29 is 4.74 Å². The summed E-state index contributed by atoms with van der Waals surface area (Å²) in [5.41, 5.74) is 6.34.